The number of nitriles is 1. The van der Waals surface area contributed by atoms with Gasteiger partial charge >= 0.3 is 0 Å². The molecule has 0 bridgehead atoms. The Labute approximate surface area is 87.9 Å². The van der Waals surface area contributed by atoms with Crippen LogP contribution in [-0.4, -0.2) is 11.0 Å². The largest absolute Gasteiger partial charge is 0.295 e. The summed E-state index contributed by atoms with van der Waals surface area (Å²) in [4.78, 5) is 12.0. The molecule has 1 aromatic carbocycles. The Morgan fingerprint density at radius 3 is 2.86 bits per heavy atom. The van der Waals surface area contributed by atoms with Gasteiger partial charge in [-0.3, -0.25) is 4.79 Å². The van der Waals surface area contributed by atoms with E-state index in [1.165, 1.54) is 18.7 Å². The highest BCUT2D eigenvalue weighted by Gasteiger charge is 2.04. The number of thioether (sulfide) groups is 1. The van der Waals surface area contributed by atoms with Crippen molar-refractivity contribution in [1.82, 2.24) is 0 Å². The molecule has 0 fully saturated rings. The van der Waals surface area contributed by atoms with Crippen molar-refractivity contribution in [2.24, 2.45) is 0 Å². The van der Waals surface area contributed by atoms with Crippen LogP contribution in [0.15, 0.2) is 29.2 Å². The second kappa shape index (κ2) is 4.83. The molecule has 0 aliphatic rings. The van der Waals surface area contributed by atoms with E-state index in [4.69, 9.17) is 5.26 Å². The summed E-state index contributed by atoms with van der Waals surface area (Å²) in [5.41, 5.74) is 0.695. The summed E-state index contributed by atoms with van der Waals surface area (Å²) in [6, 6.07) is 9.49. The monoisotopic (exact) mass is 205 g/mol. The van der Waals surface area contributed by atoms with Gasteiger partial charge in [0, 0.05) is 10.5 Å². The Balaban J connectivity index is 2.85. The fourth-order valence-electron chi connectivity index (χ4n) is 1.02. The van der Waals surface area contributed by atoms with E-state index >= 15 is 0 Å². The van der Waals surface area contributed by atoms with Gasteiger partial charge in [-0.1, -0.05) is 12.1 Å². The standard InChI is InChI=1S/C11H11NOS/c1-8(7-12)14-11-5-3-4-10(6-11)9(2)13/h3-6,8H,1-2H3. The van der Waals surface area contributed by atoms with Crippen LogP contribution in [0, 0.1) is 11.3 Å². The van der Waals surface area contributed by atoms with E-state index in [9.17, 15) is 4.79 Å². The molecule has 0 radical (unpaired) electrons. The van der Waals surface area contributed by atoms with E-state index in [-0.39, 0.29) is 11.0 Å². The molecule has 2 nitrogen and oxygen atoms in total. The molecule has 0 aliphatic heterocycles. The molecule has 72 valence electrons. The number of rotatable bonds is 3. The molecule has 1 atom stereocenters. The van der Waals surface area contributed by atoms with Gasteiger partial charge in [-0.25, -0.2) is 0 Å². The maximum absolute atomic E-state index is 11.1. The van der Waals surface area contributed by atoms with E-state index in [2.05, 4.69) is 6.07 Å². The number of carbonyl (C=O) groups excluding carboxylic acids is 1. The van der Waals surface area contributed by atoms with Crippen molar-refractivity contribution in [3.05, 3.63) is 29.8 Å². The second-order valence-electron chi connectivity index (χ2n) is 2.97. The molecule has 0 aliphatic carbocycles. The molecule has 1 aromatic rings. The topological polar surface area (TPSA) is 40.9 Å². The van der Waals surface area contributed by atoms with Gasteiger partial charge in [0.15, 0.2) is 5.78 Å². The summed E-state index contributed by atoms with van der Waals surface area (Å²) >= 11 is 1.46. The van der Waals surface area contributed by atoms with Crippen molar-refractivity contribution >= 4 is 17.5 Å². The Kier molecular flexibility index (Phi) is 3.73. The first-order chi connectivity index (χ1) is 6.63. The van der Waals surface area contributed by atoms with Gasteiger partial charge in [0.25, 0.3) is 0 Å². The van der Waals surface area contributed by atoms with Gasteiger partial charge in [-0.05, 0) is 26.0 Å². The zero-order chi connectivity index (χ0) is 10.6. The Morgan fingerprint density at radius 2 is 2.29 bits per heavy atom. The number of carbonyl (C=O) groups is 1. The first-order valence-electron chi connectivity index (χ1n) is 4.30. The van der Waals surface area contributed by atoms with Gasteiger partial charge in [-0.15, -0.1) is 11.8 Å². The fraction of sp³-hybridized carbons (Fsp3) is 0.273. The number of hydrogen-bond acceptors (Lipinski definition) is 3. The lowest BCUT2D eigenvalue weighted by Crippen LogP contribution is -1.93. The van der Waals surface area contributed by atoms with Crippen LogP contribution in [0.4, 0.5) is 0 Å². The van der Waals surface area contributed by atoms with Crippen molar-refractivity contribution in [3.63, 3.8) is 0 Å². The molecule has 0 saturated heterocycles. The first-order valence-corrected chi connectivity index (χ1v) is 5.18. The highest BCUT2D eigenvalue weighted by atomic mass is 32.2. The zero-order valence-electron chi connectivity index (χ0n) is 8.15. The molecular weight excluding hydrogens is 194 g/mol. The summed E-state index contributed by atoms with van der Waals surface area (Å²) in [6.07, 6.45) is 0. The third kappa shape index (κ3) is 2.90. The smallest absolute Gasteiger partial charge is 0.159 e. The van der Waals surface area contributed by atoms with Crippen LogP contribution < -0.4 is 0 Å². The number of hydrogen-bond donors (Lipinski definition) is 0. The van der Waals surface area contributed by atoms with Gasteiger partial charge in [-0.2, -0.15) is 5.26 Å². The first kappa shape index (κ1) is 10.8. The Bertz CT molecular complexity index is 381. The van der Waals surface area contributed by atoms with E-state index in [1.807, 2.05) is 25.1 Å². The summed E-state index contributed by atoms with van der Waals surface area (Å²) in [5.74, 6) is 0.0528. The van der Waals surface area contributed by atoms with E-state index < -0.39 is 0 Å². The molecule has 14 heavy (non-hydrogen) atoms. The molecule has 0 spiro atoms. The molecule has 3 heteroatoms. The predicted octanol–water partition coefficient (Wildman–Crippen LogP) is 2.89. The van der Waals surface area contributed by atoms with E-state index in [0.717, 1.165) is 4.90 Å². The van der Waals surface area contributed by atoms with Gasteiger partial charge in [0.2, 0.25) is 0 Å². The second-order valence-corrected chi connectivity index (χ2v) is 4.39. The minimum atomic E-state index is -0.0859. The van der Waals surface area contributed by atoms with Crippen LogP contribution in [0.5, 0.6) is 0 Å². The maximum atomic E-state index is 11.1. The van der Waals surface area contributed by atoms with Crippen LogP contribution in [0.1, 0.15) is 24.2 Å². The highest BCUT2D eigenvalue weighted by Crippen LogP contribution is 2.23. The van der Waals surface area contributed by atoms with Crippen molar-refractivity contribution in [1.29, 1.82) is 5.26 Å². The lowest BCUT2D eigenvalue weighted by atomic mass is 10.2. The van der Waals surface area contributed by atoms with Crippen LogP contribution >= 0.6 is 11.8 Å². The van der Waals surface area contributed by atoms with E-state index in [0.29, 0.717) is 5.56 Å². The quantitative estimate of drug-likeness (QED) is 0.562. The molecule has 0 amide bonds. The zero-order valence-corrected chi connectivity index (χ0v) is 8.97. The van der Waals surface area contributed by atoms with Crippen molar-refractivity contribution < 1.29 is 4.79 Å². The van der Waals surface area contributed by atoms with Gasteiger partial charge in [0.1, 0.15) is 0 Å². The number of nitrogens with zero attached hydrogens (tertiary/aromatic N) is 1. The molecule has 0 saturated carbocycles. The average Bonchev–Trinajstić information content (AvgIpc) is 2.18. The van der Waals surface area contributed by atoms with E-state index in [1.54, 1.807) is 6.07 Å². The molecule has 0 N–H and O–H groups in total. The third-order valence-corrected chi connectivity index (χ3v) is 2.72. The fourth-order valence-corrected chi connectivity index (χ4v) is 1.83. The molecule has 1 rings (SSSR count). The molecule has 0 heterocycles. The number of ketones is 1. The SMILES string of the molecule is CC(=O)c1cccc(SC(C)C#N)c1. The maximum Gasteiger partial charge on any atom is 0.159 e. The number of Topliss-reactive ketones (excluding diaryl/α,β-unsaturated/α-hetero) is 1. The summed E-state index contributed by atoms with van der Waals surface area (Å²) in [7, 11) is 0. The molecule has 1 unspecified atom stereocenters. The number of benzene rings is 1. The Morgan fingerprint density at radius 1 is 1.57 bits per heavy atom. The van der Waals surface area contributed by atoms with Crippen molar-refractivity contribution in [2.45, 2.75) is 24.0 Å². The van der Waals surface area contributed by atoms with Gasteiger partial charge in [0.05, 0.1) is 11.3 Å². The minimum absolute atomic E-state index is 0.0528. The summed E-state index contributed by atoms with van der Waals surface area (Å²) in [5, 5.41) is 8.55. The average molecular weight is 205 g/mol. The van der Waals surface area contributed by atoms with Gasteiger partial charge < -0.3 is 0 Å². The highest BCUT2D eigenvalue weighted by molar-refractivity contribution is 8.00. The van der Waals surface area contributed by atoms with Crippen LogP contribution in [0.2, 0.25) is 0 Å². The summed E-state index contributed by atoms with van der Waals surface area (Å²) in [6.45, 7) is 3.38. The third-order valence-electron chi connectivity index (χ3n) is 1.74. The predicted molar refractivity (Wildman–Crippen MR) is 57.4 cm³/mol. The summed E-state index contributed by atoms with van der Waals surface area (Å²) < 4.78 is 0. The van der Waals surface area contributed by atoms with Crippen LogP contribution in [0.3, 0.4) is 0 Å². The lowest BCUT2D eigenvalue weighted by Gasteiger charge is -2.03. The van der Waals surface area contributed by atoms with Crippen molar-refractivity contribution in [2.75, 3.05) is 0 Å². The lowest BCUT2D eigenvalue weighted by molar-refractivity contribution is 0.101. The Hall–Kier alpha value is -1.27. The van der Waals surface area contributed by atoms with Crippen LogP contribution in [-0.2, 0) is 0 Å². The molecular formula is C11H11NOS. The normalized spacial score (nSPS) is 11.8. The minimum Gasteiger partial charge on any atom is -0.295 e. The molecule has 0 aromatic heterocycles. The van der Waals surface area contributed by atoms with Crippen LogP contribution in [0.25, 0.3) is 0 Å². The van der Waals surface area contributed by atoms with Crippen molar-refractivity contribution in [3.8, 4) is 6.07 Å².